The number of nitrogens with zero attached hydrogens (tertiary/aromatic N) is 1. The van der Waals surface area contributed by atoms with Crippen LogP contribution in [0.4, 0.5) is 4.39 Å². The van der Waals surface area contributed by atoms with Gasteiger partial charge in [0.2, 0.25) is 0 Å². The van der Waals surface area contributed by atoms with Crippen molar-refractivity contribution in [2.24, 2.45) is 0 Å². The molecule has 0 heterocycles. The molecule has 1 aromatic rings. The van der Waals surface area contributed by atoms with Crippen LogP contribution in [0.2, 0.25) is 5.02 Å². The summed E-state index contributed by atoms with van der Waals surface area (Å²) >= 11 is 11.7. The van der Waals surface area contributed by atoms with E-state index in [2.05, 4.69) is 18.7 Å². The minimum absolute atomic E-state index is 0.183. The van der Waals surface area contributed by atoms with E-state index in [4.69, 9.17) is 23.2 Å². The fourth-order valence-corrected chi connectivity index (χ4v) is 2.60. The zero-order chi connectivity index (χ0) is 13.5. The molecular formula is C14H20Cl2FN. The van der Waals surface area contributed by atoms with Gasteiger partial charge >= 0.3 is 0 Å². The van der Waals surface area contributed by atoms with Crippen LogP contribution < -0.4 is 0 Å². The Morgan fingerprint density at radius 1 is 1.28 bits per heavy atom. The SMILES string of the molecule is CCC(CC)N(CCCl)Cc1ccc(F)c(Cl)c1. The predicted octanol–water partition coefficient (Wildman–Crippen LogP) is 4.71. The van der Waals surface area contributed by atoms with Crippen molar-refractivity contribution in [2.45, 2.75) is 39.3 Å². The van der Waals surface area contributed by atoms with Crippen molar-refractivity contribution in [3.8, 4) is 0 Å². The van der Waals surface area contributed by atoms with Gasteiger partial charge in [-0.1, -0.05) is 31.5 Å². The Kier molecular flexibility index (Phi) is 6.98. The molecule has 0 spiro atoms. The molecule has 0 radical (unpaired) electrons. The zero-order valence-electron chi connectivity index (χ0n) is 10.9. The van der Waals surface area contributed by atoms with E-state index in [9.17, 15) is 4.39 Å². The average Bonchev–Trinajstić information content (AvgIpc) is 2.35. The normalized spacial score (nSPS) is 11.5. The number of hydrogen-bond acceptors (Lipinski definition) is 1. The molecule has 0 aliphatic rings. The first-order valence-electron chi connectivity index (χ1n) is 6.36. The number of halogens is 3. The van der Waals surface area contributed by atoms with Crippen LogP contribution in [0.25, 0.3) is 0 Å². The maximum Gasteiger partial charge on any atom is 0.141 e. The summed E-state index contributed by atoms with van der Waals surface area (Å²) in [5.41, 5.74) is 1.03. The van der Waals surface area contributed by atoms with Crippen molar-refractivity contribution in [3.63, 3.8) is 0 Å². The summed E-state index contributed by atoms with van der Waals surface area (Å²) in [5.74, 6) is 0.234. The molecule has 0 fully saturated rings. The molecule has 102 valence electrons. The third-order valence-corrected chi connectivity index (χ3v) is 3.66. The lowest BCUT2D eigenvalue weighted by Gasteiger charge is -2.29. The van der Waals surface area contributed by atoms with Crippen LogP contribution in [0.1, 0.15) is 32.3 Å². The molecule has 0 atom stereocenters. The highest BCUT2D eigenvalue weighted by Gasteiger charge is 2.15. The first-order valence-corrected chi connectivity index (χ1v) is 7.27. The Bertz CT molecular complexity index is 367. The van der Waals surface area contributed by atoms with Crippen molar-refractivity contribution in [1.29, 1.82) is 0 Å². The Hall–Kier alpha value is -0.310. The summed E-state index contributed by atoms with van der Waals surface area (Å²) < 4.78 is 13.1. The second-order valence-corrected chi connectivity index (χ2v) is 5.16. The van der Waals surface area contributed by atoms with Crippen LogP contribution >= 0.6 is 23.2 Å². The van der Waals surface area contributed by atoms with E-state index in [0.717, 1.165) is 31.5 Å². The highest BCUT2D eigenvalue weighted by molar-refractivity contribution is 6.30. The summed E-state index contributed by atoms with van der Waals surface area (Å²) in [7, 11) is 0. The van der Waals surface area contributed by atoms with E-state index >= 15 is 0 Å². The molecule has 0 saturated carbocycles. The topological polar surface area (TPSA) is 3.24 Å². The second-order valence-electron chi connectivity index (χ2n) is 4.38. The van der Waals surface area contributed by atoms with Gasteiger partial charge in [-0.2, -0.15) is 0 Å². The van der Waals surface area contributed by atoms with E-state index in [0.29, 0.717) is 11.9 Å². The Morgan fingerprint density at radius 3 is 2.44 bits per heavy atom. The minimum atomic E-state index is -0.369. The lowest BCUT2D eigenvalue weighted by Crippen LogP contribution is -2.35. The fraction of sp³-hybridized carbons (Fsp3) is 0.571. The maximum absolute atomic E-state index is 13.1. The van der Waals surface area contributed by atoms with Gasteiger partial charge in [-0.25, -0.2) is 4.39 Å². The van der Waals surface area contributed by atoms with Crippen molar-refractivity contribution in [3.05, 3.63) is 34.6 Å². The molecule has 0 saturated heterocycles. The molecular weight excluding hydrogens is 272 g/mol. The van der Waals surface area contributed by atoms with Crippen LogP contribution in [-0.2, 0) is 6.54 Å². The lowest BCUT2D eigenvalue weighted by molar-refractivity contribution is 0.188. The molecule has 0 amide bonds. The van der Waals surface area contributed by atoms with Gasteiger partial charge in [0, 0.05) is 25.0 Å². The molecule has 0 unspecified atom stereocenters. The Balaban J connectivity index is 2.78. The third-order valence-electron chi connectivity index (χ3n) is 3.20. The van der Waals surface area contributed by atoms with E-state index in [-0.39, 0.29) is 10.8 Å². The van der Waals surface area contributed by atoms with E-state index in [1.807, 2.05) is 0 Å². The molecule has 0 aliphatic carbocycles. The van der Waals surface area contributed by atoms with Crippen molar-refractivity contribution < 1.29 is 4.39 Å². The molecule has 0 aromatic heterocycles. The van der Waals surface area contributed by atoms with Gasteiger partial charge in [-0.3, -0.25) is 4.90 Å². The lowest BCUT2D eigenvalue weighted by atomic mass is 10.1. The summed E-state index contributed by atoms with van der Waals surface area (Å²) in [6.07, 6.45) is 2.17. The molecule has 0 N–H and O–H groups in total. The van der Waals surface area contributed by atoms with E-state index in [1.54, 1.807) is 12.1 Å². The first-order chi connectivity index (χ1) is 8.62. The molecule has 1 aromatic carbocycles. The minimum Gasteiger partial charge on any atom is -0.295 e. The van der Waals surface area contributed by atoms with Gasteiger partial charge in [0.25, 0.3) is 0 Å². The molecule has 4 heteroatoms. The van der Waals surface area contributed by atoms with Gasteiger partial charge in [0.05, 0.1) is 5.02 Å². The van der Waals surface area contributed by atoms with Crippen LogP contribution in [0, 0.1) is 5.82 Å². The molecule has 1 nitrogen and oxygen atoms in total. The van der Waals surface area contributed by atoms with Gasteiger partial charge in [0.1, 0.15) is 5.82 Å². The van der Waals surface area contributed by atoms with Crippen LogP contribution in [0.3, 0.4) is 0 Å². The molecule has 1 rings (SSSR count). The Labute approximate surface area is 119 Å². The van der Waals surface area contributed by atoms with Crippen LogP contribution in [0.15, 0.2) is 18.2 Å². The van der Waals surface area contributed by atoms with Crippen molar-refractivity contribution in [1.82, 2.24) is 4.90 Å². The summed E-state index contributed by atoms with van der Waals surface area (Å²) in [4.78, 5) is 2.33. The first kappa shape index (κ1) is 15.7. The number of benzene rings is 1. The monoisotopic (exact) mass is 291 g/mol. The number of rotatable bonds is 7. The second kappa shape index (κ2) is 7.98. The smallest absolute Gasteiger partial charge is 0.141 e. The average molecular weight is 292 g/mol. The highest BCUT2D eigenvalue weighted by Crippen LogP contribution is 2.19. The van der Waals surface area contributed by atoms with Crippen LogP contribution in [-0.4, -0.2) is 23.4 Å². The zero-order valence-corrected chi connectivity index (χ0v) is 12.4. The summed E-state index contributed by atoms with van der Waals surface area (Å²) in [6, 6.07) is 5.40. The molecule has 18 heavy (non-hydrogen) atoms. The fourth-order valence-electron chi connectivity index (χ4n) is 2.18. The standard InChI is InChI=1S/C14H20Cl2FN/c1-3-12(4-2)18(8-7-15)10-11-5-6-14(17)13(16)9-11/h5-6,9,12H,3-4,7-8,10H2,1-2H3. The maximum atomic E-state index is 13.1. The summed E-state index contributed by atoms with van der Waals surface area (Å²) in [6.45, 7) is 5.95. The van der Waals surface area contributed by atoms with Gasteiger partial charge < -0.3 is 0 Å². The summed E-state index contributed by atoms with van der Waals surface area (Å²) in [5, 5.41) is 0.183. The van der Waals surface area contributed by atoms with E-state index in [1.165, 1.54) is 6.07 Å². The predicted molar refractivity (Wildman–Crippen MR) is 76.9 cm³/mol. The van der Waals surface area contributed by atoms with Gasteiger partial charge in [-0.05, 0) is 30.5 Å². The Morgan fingerprint density at radius 2 is 1.94 bits per heavy atom. The number of hydrogen-bond donors (Lipinski definition) is 0. The van der Waals surface area contributed by atoms with Crippen molar-refractivity contribution >= 4 is 23.2 Å². The third kappa shape index (κ3) is 4.42. The highest BCUT2D eigenvalue weighted by atomic mass is 35.5. The van der Waals surface area contributed by atoms with Gasteiger partial charge in [-0.15, -0.1) is 11.6 Å². The number of alkyl halides is 1. The molecule has 0 bridgehead atoms. The largest absolute Gasteiger partial charge is 0.295 e. The van der Waals surface area contributed by atoms with Crippen molar-refractivity contribution in [2.75, 3.05) is 12.4 Å². The molecule has 0 aliphatic heterocycles. The van der Waals surface area contributed by atoms with Gasteiger partial charge in [0.15, 0.2) is 0 Å². The quantitative estimate of drug-likeness (QED) is 0.658. The van der Waals surface area contributed by atoms with Crippen LogP contribution in [0.5, 0.6) is 0 Å². The van der Waals surface area contributed by atoms with E-state index < -0.39 is 0 Å².